The van der Waals surface area contributed by atoms with Crippen molar-refractivity contribution in [3.8, 4) is 0 Å². The molecule has 0 saturated carbocycles. The van der Waals surface area contributed by atoms with Crippen LogP contribution < -0.4 is 0 Å². The first-order chi connectivity index (χ1) is 11.6. The van der Waals surface area contributed by atoms with Crippen molar-refractivity contribution in [1.29, 1.82) is 0 Å². The molecule has 0 atom stereocenters. The summed E-state index contributed by atoms with van der Waals surface area (Å²) in [4.78, 5) is 0. The Morgan fingerprint density at radius 3 is 1.42 bits per heavy atom. The van der Waals surface area contributed by atoms with Crippen LogP contribution in [-0.4, -0.2) is 11.0 Å². The summed E-state index contributed by atoms with van der Waals surface area (Å²) < 4.78 is 0. The van der Waals surface area contributed by atoms with Gasteiger partial charge in [-0.15, -0.1) is 81.2 Å². The summed E-state index contributed by atoms with van der Waals surface area (Å²) in [6.45, 7) is 9.97. The zero-order valence-electron chi connectivity index (χ0n) is 16.0. The molecular weight excluding hydrogens is 408 g/mol. The number of hydrogen-bond acceptors (Lipinski definition) is 0. The molecule has 0 aliphatic heterocycles. The monoisotopic (exact) mass is 433 g/mol. The minimum Gasteiger partial charge on any atom is -0.343 e. The van der Waals surface area contributed by atoms with Gasteiger partial charge in [-0.2, -0.15) is 18.6 Å². The van der Waals surface area contributed by atoms with Gasteiger partial charge in [0, 0.05) is 11.0 Å². The maximum absolute atomic E-state index is 3.60. The van der Waals surface area contributed by atoms with E-state index in [2.05, 4.69) is 100 Å². The molecule has 0 aromatic heterocycles. The average molecular weight is 435 g/mol. The van der Waals surface area contributed by atoms with E-state index in [1.165, 1.54) is 39.1 Å². The van der Waals surface area contributed by atoms with Crippen molar-refractivity contribution < 1.29 is 26.2 Å². The van der Waals surface area contributed by atoms with E-state index in [9.17, 15) is 0 Å². The standard InChI is InChI=1S/2C10H9.C4H9.Si.Zr/c2*1-8-6-9-4-2-3-5-10(9)7-8;1-3-4-2;;/h2*2-7H,1H3;1,3-4H2,2H3;;/q3*-1;;+3. The molecule has 4 rings (SSSR count). The summed E-state index contributed by atoms with van der Waals surface area (Å²) in [6, 6.07) is 25.7. The third-order valence-corrected chi connectivity index (χ3v) is 3.88. The predicted octanol–water partition coefficient (Wildman–Crippen LogP) is 6.97. The smallest absolute Gasteiger partial charge is 0.343 e. The average Bonchev–Trinajstić information content (AvgIpc) is 3.15. The van der Waals surface area contributed by atoms with Crippen LogP contribution >= 0.6 is 0 Å². The normalized spacial score (nSPS) is 9.23. The molecule has 0 nitrogen and oxygen atoms in total. The topological polar surface area (TPSA) is 0 Å². The van der Waals surface area contributed by atoms with Crippen LogP contribution in [0.4, 0.5) is 0 Å². The molecule has 0 heterocycles. The summed E-state index contributed by atoms with van der Waals surface area (Å²) in [7, 11) is 0. The number of hydrogen-bond donors (Lipinski definition) is 0. The molecule has 0 bridgehead atoms. The second kappa shape index (κ2) is 13.0. The fourth-order valence-corrected chi connectivity index (χ4v) is 2.61. The maximum atomic E-state index is 3.60. The Bertz CT molecular complexity index is 730. The molecule has 26 heavy (non-hydrogen) atoms. The summed E-state index contributed by atoms with van der Waals surface area (Å²) >= 11 is 0. The van der Waals surface area contributed by atoms with E-state index in [1.807, 2.05) is 0 Å². The van der Waals surface area contributed by atoms with Crippen molar-refractivity contribution in [1.82, 2.24) is 0 Å². The number of fused-ring (bicyclic) bond motifs is 2. The van der Waals surface area contributed by atoms with Crippen LogP contribution in [0.1, 0.15) is 30.9 Å². The van der Waals surface area contributed by atoms with E-state index in [0.717, 1.165) is 6.42 Å². The quantitative estimate of drug-likeness (QED) is 0.224. The van der Waals surface area contributed by atoms with Crippen LogP contribution in [0.15, 0.2) is 72.8 Å². The molecule has 0 aliphatic rings. The Morgan fingerprint density at radius 2 is 1.12 bits per heavy atom. The Kier molecular flexibility index (Phi) is 12.4. The summed E-state index contributed by atoms with van der Waals surface area (Å²) in [6.07, 6.45) is 2.28. The molecule has 131 valence electrons. The van der Waals surface area contributed by atoms with E-state index >= 15 is 0 Å². The van der Waals surface area contributed by atoms with Crippen molar-refractivity contribution in [3.05, 3.63) is 90.8 Å². The minimum absolute atomic E-state index is 0. The van der Waals surface area contributed by atoms with Gasteiger partial charge in [0.1, 0.15) is 0 Å². The Morgan fingerprint density at radius 1 is 0.769 bits per heavy atom. The van der Waals surface area contributed by atoms with Crippen LogP contribution in [0.5, 0.6) is 0 Å². The van der Waals surface area contributed by atoms with Gasteiger partial charge in [-0.1, -0.05) is 39.3 Å². The SMILES string of the molecule is Cc1cc2ccccc2[cH-]1.Cc1cc2ccccc2[cH-]1.[CH2-]CCC.[Si].[Zr+3]. The number of unbranched alkanes of at least 4 members (excludes halogenated alkanes) is 1. The Hall–Kier alpha value is -1.24. The predicted molar refractivity (Wildman–Crippen MR) is 115 cm³/mol. The minimum atomic E-state index is 0. The zero-order chi connectivity index (χ0) is 17.4. The van der Waals surface area contributed by atoms with E-state index in [4.69, 9.17) is 0 Å². The summed E-state index contributed by atoms with van der Waals surface area (Å²) in [5, 5.41) is 5.39. The molecule has 4 aromatic rings. The molecule has 0 fully saturated rings. The van der Waals surface area contributed by atoms with E-state index in [1.54, 1.807) is 0 Å². The molecule has 0 N–H and O–H groups in total. The van der Waals surface area contributed by atoms with Gasteiger partial charge in [0.25, 0.3) is 0 Å². The van der Waals surface area contributed by atoms with E-state index in [-0.39, 0.29) is 37.2 Å². The second-order valence-electron chi connectivity index (χ2n) is 6.18. The number of benzene rings is 2. The van der Waals surface area contributed by atoms with Crippen molar-refractivity contribution >= 4 is 32.5 Å². The number of rotatable bonds is 1. The van der Waals surface area contributed by atoms with Gasteiger partial charge in [-0.3, -0.25) is 0 Å². The fraction of sp³-hybridized carbons (Fsp3) is 0.208. The van der Waals surface area contributed by atoms with Crippen molar-refractivity contribution in [2.75, 3.05) is 0 Å². The van der Waals surface area contributed by atoms with E-state index < -0.39 is 0 Å². The van der Waals surface area contributed by atoms with Gasteiger partial charge in [0.15, 0.2) is 0 Å². The van der Waals surface area contributed by atoms with Crippen LogP contribution in [0.2, 0.25) is 0 Å². The fourth-order valence-electron chi connectivity index (χ4n) is 2.61. The number of aryl methyl sites for hydroxylation is 2. The first-order valence-corrected chi connectivity index (χ1v) is 8.67. The first kappa shape index (κ1) is 24.8. The zero-order valence-corrected chi connectivity index (χ0v) is 19.5. The Balaban J connectivity index is 0.000000378. The Labute approximate surface area is 182 Å². The van der Waals surface area contributed by atoms with Gasteiger partial charge in [-0.05, 0) is 0 Å². The van der Waals surface area contributed by atoms with Crippen molar-refractivity contribution in [2.45, 2.75) is 33.6 Å². The van der Waals surface area contributed by atoms with Crippen LogP contribution in [-0.2, 0) is 26.2 Å². The van der Waals surface area contributed by atoms with Crippen LogP contribution in [0.25, 0.3) is 21.5 Å². The van der Waals surface area contributed by atoms with Crippen molar-refractivity contribution in [2.24, 2.45) is 0 Å². The first-order valence-electron chi connectivity index (χ1n) is 8.67. The molecule has 2 heteroatoms. The third-order valence-electron chi connectivity index (χ3n) is 3.88. The second-order valence-corrected chi connectivity index (χ2v) is 6.18. The van der Waals surface area contributed by atoms with Gasteiger partial charge in [0.2, 0.25) is 0 Å². The summed E-state index contributed by atoms with van der Waals surface area (Å²) in [5.74, 6) is 0. The molecular formula is C24H27SiZr. The molecule has 5 radical (unpaired) electrons. The molecule has 0 aliphatic carbocycles. The molecule has 0 amide bonds. The van der Waals surface area contributed by atoms with Gasteiger partial charge >= 0.3 is 26.2 Å². The maximum Gasteiger partial charge on any atom is 3.00 e. The molecule has 4 aromatic carbocycles. The largest absolute Gasteiger partial charge is 3.00 e. The molecule has 0 saturated heterocycles. The van der Waals surface area contributed by atoms with Crippen LogP contribution in [0.3, 0.4) is 0 Å². The van der Waals surface area contributed by atoms with Gasteiger partial charge < -0.3 is 6.92 Å². The van der Waals surface area contributed by atoms with Gasteiger partial charge in [0.05, 0.1) is 0 Å². The third kappa shape index (κ3) is 7.56. The molecule has 0 unspecified atom stereocenters. The van der Waals surface area contributed by atoms with Crippen molar-refractivity contribution in [3.63, 3.8) is 0 Å². The summed E-state index contributed by atoms with van der Waals surface area (Å²) in [5.41, 5.74) is 2.70. The van der Waals surface area contributed by atoms with E-state index in [0.29, 0.717) is 0 Å². The van der Waals surface area contributed by atoms with Gasteiger partial charge in [-0.25, -0.2) is 0 Å². The molecule has 0 spiro atoms. The van der Waals surface area contributed by atoms with Crippen LogP contribution in [0, 0.1) is 20.8 Å².